The zero-order valence-electron chi connectivity index (χ0n) is 48.1. The summed E-state index contributed by atoms with van der Waals surface area (Å²) in [5.74, 6) is -5.63. The predicted octanol–water partition coefficient (Wildman–Crippen LogP) is 3.34. The van der Waals surface area contributed by atoms with Crippen molar-refractivity contribution in [2.75, 3.05) is 32.9 Å². The summed E-state index contributed by atoms with van der Waals surface area (Å²) in [6, 6.07) is 9.94. The fraction of sp³-hybridized carbons (Fsp3) is 0.525. The van der Waals surface area contributed by atoms with Crippen LogP contribution in [0.5, 0.6) is 0 Å². The van der Waals surface area contributed by atoms with Crippen LogP contribution in [0.2, 0.25) is 0 Å². The van der Waals surface area contributed by atoms with Gasteiger partial charge in [0.2, 0.25) is 47.3 Å². The number of carbonyl (C=O) groups excluding carboxylic acids is 9. The largest absolute Gasteiger partial charge is 0.458 e. The number of rotatable bonds is 26. The lowest BCUT2D eigenvalue weighted by molar-refractivity contribution is -0.172. The van der Waals surface area contributed by atoms with Gasteiger partial charge in [0.1, 0.15) is 31.3 Å². The van der Waals surface area contributed by atoms with Gasteiger partial charge in [0, 0.05) is 48.4 Å². The first-order valence-corrected chi connectivity index (χ1v) is 29.2. The Bertz CT molecular complexity index is 3360. The van der Waals surface area contributed by atoms with Gasteiger partial charge in [-0.2, -0.15) is 0 Å². The lowest BCUT2D eigenvalue weighted by Crippen LogP contribution is -2.52. The molecule has 1 saturated heterocycles. The second kappa shape index (κ2) is 25.5. The summed E-state index contributed by atoms with van der Waals surface area (Å²) in [5, 5.41) is 28.0. The Morgan fingerprint density at radius 2 is 1.56 bits per heavy atom. The minimum atomic E-state index is -2.06. The Morgan fingerprint density at radius 3 is 2.27 bits per heavy atom. The number of esters is 1. The zero-order chi connectivity index (χ0) is 60.2. The van der Waals surface area contributed by atoms with Gasteiger partial charge in [0.25, 0.3) is 5.56 Å². The predicted molar refractivity (Wildman–Crippen MR) is 302 cm³/mol. The number of likely N-dealkylation sites (tertiary alicyclic amines) is 1. The number of halogens is 1. The number of carbonyl (C=O) groups is 9. The fourth-order valence-electron chi connectivity index (χ4n) is 12.1. The molecule has 2 aromatic carbocycles. The molecule has 7 N–H and O–H groups in total. The molecule has 5 atom stereocenters. The van der Waals surface area contributed by atoms with E-state index in [1.807, 2.05) is 20.8 Å². The van der Waals surface area contributed by atoms with E-state index in [9.17, 15) is 53.1 Å². The number of fused-ring (bicyclic) bond motifs is 5. The second-order valence-electron chi connectivity index (χ2n) is 23.0. The van der Waals surface area contributed by atoms with Crippen LogP contribution in [0.25, 0.3) is 22.3 Å². The maximum atomic E-state index is 15.5. The molecule has 9 rings (SSSR count). The summed E-state index contributed by atoms with van der Waals surface area (Å²) in [6.45, 7) is 7.61. The number of aryl methyl sites for hydroxylation is 1. The first kappa shape index (κ1) is 60.7. The van der Waals surface area contributed by atoms with Crippen molar-refractivity contribution in [3.8, 4) is 11.4 Å². The van der Waals surface area contributed by atoms with Crippen molar-refractivity contribution < 1.29 is 62.1 Å². The average molecular weight is 1160 g/mol. The van der Waals surface area contributed by atoms with Crippen LogP contribution >= 0.6 is 0 Å². The van der Waals surface area contributed by atoms with Crippen molar-refractivity contribution in [1.29, 1.82) is 0 Å². The molecule has 2 aromatic heterocycles. The molecule has 5 heterocycles. The summed E-state index contributed by atoms with van der Waals surface area (Å²) >= 11 is 0. The summed E-state index contributed by atoms with van der Waals surface area (Å²) in [6.07, 6.45) is 4.71. The van der Waals surface area contributed by atoms with Crippen LogP contribution in [0.4, 0.5) is 4.39 Å². The minimum Gasteiger partial charge on any atom is -0.458 e. The maximum absolute atomic E-state index is 15.5. The SMILES string of the molecule is CCC(C)(CC)C1CC(=O)N(CCCCCC(=O)NCC(=O)NCC(=O)N[C@@H](Cc2ccccc2)C(=O)NCC(=O)NCOC(C(=O)N[C@H]2CCc3c(C)c(F)cc4nc5c(c2c34)Cn2c-5cc3c(c2=O)COC(=O)[C@]3(O)CC)C2CC2)C1=O. The average Bonchev–Trinajstić information content (AvgIpc) is 1.92. The number of amides is 8. The molecule has 2 aliphatic carbocycles. The van der Waals surface area contributed by atoms with E-state index < -0.39 is 97.0 Å². The number of aromatic nitrogens is 2. The van der Waals surface area contributed by atoms with Gasteiger partial charge >= 0.3 is 5.97 Å². The lowest BCUT2D eigenvalue weighted by Gasteiger charge is -2.31. The van der Waals surface area contributed by atoms with E-state index in [0.29, 0.717) is 96.0 Å². The second-order valence-corrected chi connectivity index (χ2v) is 23.0. The minimum absolute atomic E-state index is 0.0404. The molecule has 4 aromatic rings. The van der Waals surface area contributed by atoms with E-state index in [1.165, 1.54) is 15.5 Å². The molecule has 2 fully saturated rings. The molecule has 84 heavy (non-hydrogen) atoms. The highest BCUT2D eigenvalue weighted by atomic mass is 19.1. The quantitative estimate of drug-likeness (QED) is 0.0181. The first-order chi connectivity index (χ1) is 40.2. The Labute approximate surface area is 485 Å². The van der Waals surface area contributed by atoms with Crippen molar-refractivity contribution in [3.63, 3.8) is 0 Å². The molecule has 2 unspecified atom stereocenters. The normalized spacial score (nSPS) is 19.4. The van der Waals surface area contributed by atoms with Gasteiger partial charge in [0.05, 0.1) is 60.6 Å². The molecular formula is C61H74FN9O13. The number of pyridine rings is 2. The molecule has 22 nitrogen and oxygen atoms in total. The number of cyclic esters (lactones) is 1. The highest BCUT2D eigenvalue weighted by molar-refractivity contribution is 6.04. The van der Waals surface area contributed by atoms with Crippen LogP contribution in [-0.2, 0) is 84.2 Å². The van der Waals surface area contributed by atoms with Gasteiger partial charge in [0.15, 0.2) is 5.60 Å². The number of unbranched alkanes of at least 4 members (excludes halogenated alkanes) is 2. The summed E-state index contributed by atoms with van der Waals surface area (Å²) in [4.78, 5) is 138. The number of nitrogens with zero attached hydrogens (tertiary/aromatic N) is 3. The van der Waals surface area contributed by atoms with Crippen LogP contribution in [0, 0.1) is 30.0 Å². The van der Waals surface area contributed by atoms with Crippen molar-refractivity contribution in [2.45, 2.75) is 155 Å². The number of hydrogen-bond acceptors (Lipinski definition) is 14. The van der Waals surface area contributed by atoms with Crippen LogP contribution in [0.1, 0.15) is 143 Å². The van der Waals surface area contributed by atoms with E-state index >= 15 is 4.39 Å². The monoisotopic (exact) mass is 1160 g/mol. The van der Waals surface area contributed by atoms with Crippen LogP contribution in [0.15, 0.2) is 47.3 Å². The van der Waals surface area contributed by atoms with Gasteiger partial charge in [-0.3, -0.25) is 48.1 Å². The van der Waals surface area contributed by atoms with Crippen molar-refractivity contribution >= 4 is 64.1 Å². The molecule has 5 aliphatic rings. The molecule has 0 spiro atoms. The topological polar surface area (TPSA) is 303 Å². The van der Waals surface area contributed by atoms with Gasteiger partial charge < -0.3 is 51.0 Å². The molecule has 23 heteroatoms. The van der Waals surface area contributed by atoms with E-state index in [0.717, 1.165) is 18.4 Å². The Balaban J connectivity index is 0.749. The number of aliphatic hydroxyl groups is 1. The maximum Gasteiger partial charge on any atom is 0.343 e. The van der Waals surface area contributed by atoms with Gasteiger partial charge in [-0.25, -0.2) is 14.2 Å². The number of imide groups is 1. The molecule has 0 bridgehead atoms. The number of nitrogens with one attached hydrogen (secondary N) is 6. The van der Waals surface area contributed by atoms with Gasteiger partial charge in [-0.15, -0.1) is 0 Å². The van der Waals surface area contributed by atoms with Gasteiger partial charge in [-0.1, -0.05) is 64.4 Å². The Hall–Kier alpha value is -7.92. The smallest absolute Gasteiger partial charge is 0.343 e. The molecule has 8 amide bonds. The Morgan fingerprint density at radius 1 is 0.857 bits per heavy atom. The summed E-state index contributed by atoms with van der Waals surface area (Å²) < 4.78 is 28.3. The van der Waals surface area contributed by atoms with E-state index in [-0.39, 0.29) is 84.9 Å². The standard InChI is InChI=1S/C61H74FN9O13/c1-6-60(5,7-2)40-25-50(76)70(58(40)80)22-14-10-13-17-46(72)63-27-47(73)64-29-49(75)67-44(23-34-15-11-9-12-16-34)55(77)65-28-48(74)66-32-84-54(35-18-19-35)56(78)69-42-21-20-36-33(4)41(62)26-43-51(36)52(42)37-30-71-45(53(37)68-43)24-39-38(57(71)79)31-83-59(81)61(39,82)8-3/h9,11-12,15-16,24,26,35,40,42,44,54,82H,6-8,10,13-14,17-23,25,27-32H2,1-5H3,(H,63,72)(H,64,73)(H,65,77)(H,66,74)(H,67,75)(H,69,78)/t40?,42-,44-,54?,61-/m0/s1. The molecular weight excluding hydrogens is 1090 g/mol. The molecule has 448 valence electrons. The third kappa shape index (κ3) is 12.6. The highest BCUT2D eigenvalue weighted by Gasteiger charge is 2.48. The molecule has 1 saturated carbocycles. The number of hydrogen-bond donors (Lipinski definition) is 7. The summed E-state index contributed by atoms with van der Waals surface area (Å²) in [5.41, 5.74) is 1.74. The number of benzene rings is 2. The van der Waals surface area contributed by atoms with Gasteiger partial charge in [-0.05, 0) is 104 Å². The van der Waals surface area contributed by atoms with Crippen molar-refractivity contribution in [2.24, 2.45) is 17.3 Å². The number of ether oxygens (including phenoxy) is 2. The lowest BCUT2D eigenvalue weighted by atomic mass is 9.72. The van der Waals surface area contributed by atoms with E-state index in [2.05, 4.69) is 31.9 Å². The van der Waals surface area contributed by atoms with E-state index in [4.69, 9.17) is 14.5 Å². The van der Waals surface area contributed by atoms with Crippen molar-refractivity contribution in [3.05, 3.63) is 97.6 Å². The zero-order valence-corrected chi connectivity index (χ0v) is 48.1. The van der Waals surface area contributed by atoms with E-state index in [1.54, 1.807) is 50.2 Å². The highest BCUT2D eigenvalue weighted by Crippen LogP contribution is 2.47. The molecule has 3 aliphatic heterocycles. The summed E-state index contributed by atoms with van der Waals surface area (Å²) in [7, 11) is 0. The third-order valence-corrected chi connectivity index (χ3v) is 17.8. The van der Waals surface area contributed by atoms with Crippen LogP contribution in [-0.4, -0.2) is 118 Å². The molecule has 0 radical (unpaired) electrons. The van der Waals surface area contributed by atoms with Crippen molar-refractivity contribution in [1.82, 2.24) is 46.4 Å². The Kier molecular flexibility index (Phi) is 18.4. The first-order valence-electron chi connectivity index (χ1n) is 29.2. The van der Waals surface area contributed by atoms with Crippen LogP contribution in [0.3, 0.4) is 0 Å². The fourth-order valence-corrected chi connectivity index (χ4v) is 12.1. The van der Waals surface area contributed by atoms with Crippen LogP contribution < -0.4 is 37.5 Å². The third-order valence-electron chi connectivity index (χ3n) is 17.8.